The summed E-state index contributed by atoms with van der Waals surface area (Å²) in [5, 5.41) is 7.00. The lowest BCUT2D eigenvalue weighted by Gasteiger charge is -2.31. The summed E-state index contributed by atoms with van der Waals surface area (Å²) in [5.41, 5.74) is 2.79. The molecule has 1 unspecified atom stereocenters. The zero-order chi connectivity index (χ0) is 26.9. The van der Waals surface area contributed by atoms with Gasteiger partial charge in [-0.2, -0.15) is 0 Å². The van der Waals surface area contributed by atoms with E-state index >= 15 is 0 Å². The monoisotopic (exact) mass is 524 g/mol. The first-order chi connectivity index (χ1) is 18.6. The van der Waals surface area contributed by atoms with Crippen LogP contribution in [0.4, 0.5) is 10.3 Å². The molecule has 1 atom stereocenters. The zero-order valence-electron chi connectivity index (χ0n) is 22.7. The Morgan fingerprint density at radius 2 is 1.79 bits per heavy atom. The van der Waals surface area contributed by atoms with Crippen LogP contribution >= 0.6 is 0 Å². The van der Waals surface area contributed by atoms with Crippen molar-refractivity contribution in [2.45, 2.75) is 58.3 Å². The highest BCUT2D eigenvalue weighted by atomic mass is 19.1. The van der Waals surface area contributed by atoms with Gasteiger partial charge in [-0.15, -0.1) is 0 Å². The number of allylic oxidation sites excluding steroid dienone is 2. The minimum absolute atomic E-state index is 0.0474. The lowest BCUT2D eigenvalue weighted by Crippen LogP contribution is -2.36. The molecule has 2 aromatic rings. The second-order valence-corrected chi connectivity index (χ2v) is 10.4. The van der Waals surface area contributed by atoms with Crippen LogP contribution in [0.5, 0.6) is 5.75 Å². The molecule has 0 bridgehead atoms. The highest BCUT2D eigenvalue weighted by molar-refractivity contribution is 5.81. The van der Waals surface area contributed by atoms with Gasteiger partial charge in [0.1, 0.15) is 11.6 Å². The maximum Gasteiger partial charge on any atom is 0.226 e. The Morgan fingerprint density at radius 1 is 1.08 bits per heavy atom. The largest absolute Gasteiger partial charge is 0.493 e. The van der Waals surface area contributed by atoms with E-state index in [0.717, 1.165) is 95.3 Å². The van der Waals surface area contributed by atoms with Gasteiger partial charge in [0.25, 0.3) is 0 Å². The number of hydrogen-bond donors (Lipinski definition) is 1. The van der Waals surface area contributed by atoms with Crippen molar-refractivity contribution in [1.29, 1.82) is 0 Å². The van der Waals surface area contributed by atoms with Crippen molar-refractivity contribution in [3.8, 4) is 5.75 Å². The highest BCUT2D eigenvalue weighted by Gasteiger charge is 2.28. The summed E-state index contributed by atoms with van der Waals surface area (Å²) in [6.07, 6.45) is 13.3. The predicted octanol–water partition coefficient (Wildman–Crippen LogP) is 4.89. The molecule has 0 radical (unpaired) electrons. The van der Waals surface area contributed by atoms with E-state index in [1.165, 1.54) is 6.07 Å². The fraction of sp³-hybridized carbons (Fsp3) is 0.567. The minimum atomic E-state index is -0.245. The Balaban J connectivity index is 0.00000164. The van der Waals surface area contributed by atoms with Gasteiger partial charge in [0, 0.05) is 63.2 Å². The fourth-order valence-electron chi connectivity index (χ4n) is 5.55. The van der Waals surface area contributed by atoms with Crippen molar-refractivity contribution < 1.29 is 19.0 Å². The Labute approximate surface area is 225 Å². The molecule has 5 rings (SSSR count). The summed E-state index contributed by atoms with van der Waals surface area (Å²) < 4.78 is 21.0. The number of aliphatic hydroxyl groups is 1. The van der Waals surface area contributed by atoms with Crippen molar-refractivity contribution in [2.24, 2.45) is 11.8 Å². The lowest BCUT2D eigenvalue weighted by atomic mass is 9.85. The molecule has 1 aliphatic carbocycles. The van der Waals surface area contributed by atoms with Crippen LogP contribution in [0.2, 0.25) is 0 Å². The number of rotatable bonds is 7. The van der Waals surface area contributed by atoms with E-state index in [1.807, 2.05) is 29.4 Å². The maximum absolute atomic E-state index is 15.0. The van der Waals surface area contributed by atoms with Gasteiger partial charge in [-0.25, -0.2) is 14.4 Å². The van der Waals surface area contributed by atoms with Crippen molar-refractivity contribution in [2.75, 3.05) is 44.8 Å². The number of likely N-dealkylation sites (tertiary alicyclic amines) is 1. The van der Waals surface area contributed by atoms with Crippen LogP contribution in [0.3, 0.4) is 0 Å². The summed E-state index contributed by atoms with van der Waals surface area (Å²) in [5.74, 6) is 1.89. The van der Waals surface area contributed by atoms with Crippen LogP contribution in [0.25, 0.3) is 5.57 Å². The molecule has 2 fully saturated rings. The van der Waals surface area contributed by atoms with Gasteiger partial charge in [0.05, 0.1) is 6.61 Å². The molecular weight excluding hydrogens is 483 g/mol. The van der Waals surface area contributed by atoms with Crippen LogP contribution in [0.15, 0.2) is 36.7 Å². The third-order valence-electron chi connectivity index (χ3n) is 7.95. The van der Waals surface area contributed by atoms with E-state index in [1.54, 1.807) is 0 Å². The van der Waals surface area contributed by atoms with E-state index in [-0.39, 0.29) is 17.6 Å². The summed E-state index contributed by atoms with van der Waals surface area (Å²) >= 11 is 0. The number of ether oxygens (including phenoxy) is 1. The number of benzene rings is 1. The molecule has 1 amide bonds. The van der Waals surface area contributed by atoms with E-state index in [4.69, 9.17) is 9.84 Å². The van der Waals surface area contributed by atoms with E-state index in [2.05, 4.69) is 27.9 Å². The van der Waals surface area contributed by atoms with E-state index in [9.17, 15) is 9.18 Å². The maximum atomic E-state index is 15.0. The van der Waals surface area contributed by atoms with Gasteiger partial charge in [0.2, 0.25) is 11.9 Å². The third kappa shape index (κ3) is 6.90. The number of carbonyl (C=O) groups excluding carboxylic acids is 1. The fourth-order valence-corrected chi connectivity index (χ4v) is 5.55. The Morgan fingerprint density at radius 3 is 2.39 bits per heavy atom. The number of piperidine rings is 1. The number of halogens is 1. The molecule has 0 spiro atoms. The van der Waals surface area contributed by atoms with E-state index < -0.39 is 0 Å². The summed E-state index contributed by atoms with van der Waals surface area (Å²) in [6.45, 7) is 6.28. The number of aryl methyl sites for hydroxylation is 1. The number of aromatic nitrogens is 2. The minimum Gasteiger partial charge on any atom is -0.493 e. The summed E-state index contributed by atoms with van der Waals surface area (Å²) in [7, 11) is 1.00. The first-order valence-corrected chi connectivity index (χ1v) is 14.0. The molecule has 0 saturated carbocycles. The quantitative estimate of drug-likeness (QED) is 0.556. The Kier molecular flexibility index (Phi) is 10.1. The van der Waals surface area contributed by atoms with Crippen LogP contribution in [0.1, 0.15) is 63.0 Å². The molecule has 1 aromatic carbocycles. The number of carbonyl (C=O) groups is 1. The lowest BCUT2D eigenvalue weighted by molar-refractivity contribution is -0.134. The van der Waals surface area contributed by atoms with Crippen LogP contribution < -0.4 is 9.64 Å². The average Bonchev–Trinajstić information content (AvgIpc) is 3.53. The topological polar surface area (TPSA) is 78.8 Å². The normalized spacial score (nSPS) is 20.0. The van der Waals surface area contributed by atoms with Crippen molar-refractivity contribution in [3.63, 3.8) is 0 Å². The number of nitrogens with zero attached hydrogens (tertiary/aromatic N) is 4. The number of anilines is 1. The molecule has 2 aliphatic heterocycles. The Bertz CT molecular complexity index is 1080. The van der Waals surface area contributed by atoms with Gasteiger partial charge in [-0.05, 0) is 80.6 Å². The molecule has 8 heteroatoms. The third-order valence-corrected chi connectivity index (χ3v) is 7.95. The predicted molar refractivity (Wildman–Crippen MR) is 148 cm³/mol. The molecule has 2 saturated heterocycles. The van der Waals surface area contributed by atoms with Crippen molar-refractivity contribution in [3.05, 3.63) is 53.6 Å². The van der Waals surface area contributed by atoms with Gasteiger partial charge < -0.3 is 19.6 Å². The van der Waals surface area contributed by atoms with Gasteiger partial charge in [-0.3, -0.25) is 4.79 Å². The molecule has 1 N–H and O–H groups in total. The van der Waals surface area contributed by atoms with Gasteiger partial charge in [-0.1, -0.05) is 13.0 Å². The van der Waals surface area contributed by atoms with Crippen LogP contribution in [-0.2, 0) is 11.2 Å². The van der Waals surface area contributed by atoms with Gasteiger partial charge in [0.15, 0.2) is 0 Å². The van der Waals surface area contributed by atoms with Gasteiger partial charge >= 0.3 is 0 Å². The smallest absolute Gasteiger partial charge is 0.226 e. The van der Waals surface area contributed by atoms with Crippen molar-refractivity contribution >= 4 is 17.4 Å². The summed E-state index contributed by atoms with van der Waals surface area (Å²) in [6, 6.07) is 5.22. The second-order valence-electron chi connectivity index (χ2n) is 10.4. The average molecular weight is 525 g/mol. The summed E-state index contributed by atoms with van der Waals surface area (Å²) in [4.78, 5) is 25.9. The first kappa shape index (κ1) is 28.0. The SMILES string of the molecule is CCc1cnc(N2CCC(COc3ccc(C4=CCC(C(=O)N5CCCC5)CC4)c(F)c3)CC2)nc1.CO. The molecule has 1 aromatic heterocycles. The zero-order valence-corrected chi connectivity index (χ0v) is 22.7. The van der Waals surface area contributed by atoms with Crippen LogP contribution in [-0.4, -0.2) is 65.8 Å². The number of aliphatic hydroxyl groups excluding tert-OH is 1. The second kappa shape index (κ2) is 13.7. The molecule has 38 heavy (non-hydrogen) atoms. The molecule has 206 valence electrons. The standard InChI is InChI=1S/C29H37FN4O2.CH4O/c1-2-21-18-31-29(32-19-21)34-15-11-22(12-16-34)20-36-25-9-10-26(27(30)17-25)23-5-7-24(8-6-23)28(35)33-13-3-4-14-33;1-2/h5,9-10,17-19,22,24H,2-4,6-8,11-16,20H2,1H3;2H,1H3. The highest BCUT2D eigenvalue weighted by Crippen LogP contribution is 2.34. The molecular formula is C30H41FN4O3. The molecule has 3 heterocycles. The number of amides is 1. The number of hydrogen-bond acceptors (Lipinski definition) is 6. The molecule has 7 nitrogen and oxygen atoms in total. The van der Waals surface area contributed by atoms with Crippen molar-refractivity contribution in [1.82, 2.24) is 14.9 Å². The Hall–Kier alpha value is -3.00. The molecule has 3 aliphatic rings. The first-order valence-electron chi connectivity index (χ1n) is 14.0. The van der Waals surface area contributed by atoms with E-state index in [0.29, 0.717) is 30.3 Å². The van der Waals surface area contributed by atoms with Crippen LogP contribution in [0, 0.1) is 17.7 Å².